The molecule has 3 N–H and O–H groups in total. The number of nitrogens with zero attached hydrogens (tertiary/aromatic N) is 2. The van der Waals surface area contributed by atoms with Gasteiger partial charge in [-0.3, -0.25) is 24.0 Å². The van der Waals surface area contributed by atoms with Crippen LogP contribution in [-0.2, 0) is 62.3 Å². The molecule has 3 aromatic rings. The number of hydroxylamine groups is 2. The van der Waals surface area contributed by atoms with Crippen molar-refractivity contribution in [1.29, 1.82) is 0 Å². The molecule has 0 radical (unpaired) electrons. The molecule has 1 aliphatic carbocycles. The third-order valence-corrected chi connectivity index (χ3v) is 13.9. The largest absolute Gasteiger partial charge is 0.508 e. The first-order valence-electron chi connectivity index (χ1n) is 25.1. The van der Waals surface area contributed by atoms with Gasteiger partial charge in [-0.1, -0.05) is 124 Å². The van der Waals surface area contributed by atoms with Crippen LogP contribution in [0.5, 0.6) is 5.75 Å². The van der Waals surface area contributed by atoms with E-state index in [-0.39, 0.29) is 38.0 Å². The molecule has 3 aliphatic heterocycles. The van der Waals surface area contributed by atoms with Gasteiger partial charge in [-0.2, -0.15) is 5.06 Å². The Hall–Kier alpha value is -5.12. The first kappa shape index (κ1) is 51.7. The molecular weight excluding hydrogens is 879 g/mol. The van der Waals surface area contributed by atoms with Gasteiger partial charge in [0, 0.05) is 39.2 Å². The number of phenols is 1. The van der Waals surface area contributed by atoms with Crippen molar-refractivity contribution in [2.75, 3.05) is 13.7 Å². The lowest BCUT2D eigenvalue weighted by Crippen LogP contribution is -2.70. The molecule has 4 fully saturated rings. The maximum Gasteiger partial charge on any atom is 0.327 e. The number of benzene rings is 3. The number of aliphatic hydroxyl groups excluding tert-OH is 1. The first-order valence-corrected chi connectivity index (χ1v) is 25.1. The lowest BCUT2D eigenvalue weighted by molar-refractivity contribution is -0.225. The number of aromatic hydroxyl groups is 1. The molecule has 1 saturated carbocycles. The highest BCUT2D eigenvalue weighted by Crippen LogP contribution is 2.58. The molecule has 14 heteroatoms. The summed E-state index contributed by atoms with van der Waals surface area (Å²) >= 11 is 0. The van der Waals surface area contributed by atoms with Gasteiger partial charge in [0.15, 0.2) is 11.8 Å². The van der Waals surface area contributed by atoms with Gasteiger partial charge in [0.2, 0.25) is 11.8 Å². The van der Waals surface area contributed by atoms with Gasteiger partial charge in [0.1, 0.15) is 47.2 Å². The van der Waals surface area contributed by atoms with Crippen molar-refractivity contribution in [3.05, 3.63) is 107 Å². The number of allylic oxidation sites excluding steroid dienone is 1. The van der Waals surface area contributed by atoms with Crippen LogP contribution in [0.3, 0.4) is 0 Å². The maximum atomic E-state index is 16.0. The molecule has 374 valence electrons. The summed E-state index contributed by atoms with van der Waals surface area (Å²) in [4.78, 5) is 66.4. The molecule has 3 saturated heterocycles. The quantitative estimate of drug-likeness (QED) is 0.0624. The number of aliphatic hydroxyl groups is 1. The smallest absolute Gasteiger partial charge is 0.327 e. The maximum absolute atomic E-state index is 16.0. The molecule has 0 aromatic heterocycles. The Bertz CT molecular complexity index is 2250. The molecule has 4 aliphatic rings. The molecule has 2 amide bonds. The van der Waals surface area contributed by atoms with E-state index in [9.17, 15) is 24.6 Å². The molecule has 7 rings (SSSR count). The predicted molar refractivity (Wildman–Crippen MR) is 260 cm³/mol. The van der Waals surface area contributed by atoms with Crippen molar-refractivity contribution >= 4 is 29.8 Å². The van der Waals surface area contributed by atoms with E-state index in [2.05, 4.69) is 19.2 Å². The number of para-hydroxylation sites is 1. The number of fused-ring (bicyclic) bond motifs is 4. The van der Waals surface area contributed by atoms with Gasteiger partial charge < -0.3 is 39.4 Å². The predicted octanol–water partition coefficient (Wildman–Crippen LogP) is 7.76. The van der Waals surface area contributed by atoms with Crippen molar-refractivity contribution in [2.24, 2.45) is 5.41 Å². The van der Waals surface area contributed by atoms with E-state index in [1.54, 1.807) is 45.0 Å². The summed E-state index contributed by atoms with van der Waals surface area (Å²) in [5.74, 6) is -2.79. The zero-order valence-electron chi connectivity index (χ0n) is 41.3. The molecule has 3 aromatic carbocycles. The summed E-state index contributed by atoms with van der Waals surface area (Å²) < 4.78 is 25.9. The molecule has 69 heavy (non-hydrogen) atoms. The number of likely N-dealkylation sites (N-methyl/N-ethyl adjacent to an activating group) is 1. The Morgan fingerprint density at radius 3 is 2.29 bits per heavy atom. The average molecular weight is 952 g/mol. The lowest BCUT2D eigenvalue weighted by atomic mass is 9.62. The number of esters is 2. The summed E-state index contributed by atoms with van der Waals surface area (Å²) in [6, 6.07) is 21.3. The normalized spacial score (nSPS) is 24.6. The Balaban J connectivity index is 1.23. The summed E-state index contributed by atoms with van der Waals surface area (Å²) in [6.07, 6.45) is 8.54. The number of hydrogen-bond acceptors (Lipinski definition) is 12. The number of unbranched alkanes of at least 4 members (excludes halogenated alkanes) is 4. The average Bonchev–Trinajstić information content (AvgIpc) is 3.88. The highest BCUT2D eigenvalue weighted by molar-refractivity contribution is 5.96. The van der Waals surface area contributed by atoms with Crippen molar-refractivity contribution in [2.45, 2.75) is 179 Å². The second-order valence-electron chi connectivity index (χ2n) is 20.3. The van der Waals surface area contributed by atoms with E-state index in [1.807, 2.05) is 78.9 Å². The van der Waals surface area contributed by atoms with Gasteiger partial charge in [-0.05, 0) is 74.8 Å². The molecule has 2 bridgehead atoms. The number of carbonyl (C=O) groups is 4. The van der Waals surface area contributed by atoms with E-state index in [0.717, 1.165) is 60.8 Å². The van der Waals surface area contributed by atoms with Crippen molar-refractivity contribution in [3.63, 3.8) is 0 Å². The lowest BCUT2D eigenvalue weighted by Gasteiger charge is -2.50. The molecule has 2 unspecified atom stereocenters. The van der Waals surface area contributed by atoms with E-state index >= 15 is 4.79 Å². The van der Waals surface area contributed by atoms with Gasteiger partial charge in [-0.15, -0.1) is 0 Å². The molecule has 3 heterocycles. The van der Waals surface area contributed by atoms with Crippen LogP contribution in [0.2, 0.25) is 0 Å². The molecular formula is C55H73N3O11. The fraction of sp³-hybridized carbons (Fsp3) is 0.564. The first-order chi connectivity index (χ1) is 33.1. The van der Waals surface area contributed by atoms with E-state index in [0.29, 0.717) is 19.3 Å². The van der Waals surface area contributed by atoms with E-state index in [1.165, 1.54) is 4.90 Å². The van der Waals surface area contributed by atoms with Crippen LogP contribution in [0, 0.1) is 5.41 Å². The van der Waals surface area contributed by atoms with Gasteiger partial charge in [0.25, 0.3) is 0 Å². The third kappa shape index (κ3) is 12.1. The van der Waals surface area contributed by atoms with Crippen LogP contribution in [0.15, 0.2) is 84.9 Å². The Labute approximate surface area is 407 Å². The topological polar surface area (TPSA) is 173 Å². The summed E-state index contributed by atoms with van der Waals surface area (Å²) in [5.41, 5.74) is 1.06. The van der Waals surface area contributed by atoms with Crippen LogP contribution in [-0.4, -0.2) is 112 Å². The molecule has 8 atom stereocenters. The minimum Gasteiger partial charge on any atom is -0.508 e. The molecule has 14 nitrogen and oxygen atoms in total. The Morgan fingerprint density at radius 2 is 1.61 bits per heavy atom. The van der Waals surface area contributed by atoms with Crippen molar-refractivity contribution < 1.29 is 53.2 Å². The number of amides is 2. The fourth-order valence-corrected chi connectivity index (χ4v) is 10.6. The van der Waals surface area contributed by atoms with Crippen LogP contribution >= 0.6 is 0 Å². The Morgan fingerprint density at radius 1 is 0.928 bits per heavy atom. The van der Waals surface area contributed by atoms with Gasteiger partial charge in [-0.25, -0.2) is 0 Å². The minimum absolute atomic E-state index is 0.0372. The van der Waals surface area contributed by atoms with E-state index < -0.39 is 89.7 Å². The monoisotopic (exact) mass is 952 g/mol. The van der Waals surface area contributed by atoms with Crippen LogP contribution in [0.4, 0.5) is 0 Å². The highest BCUT2D eigenvalue weighted by Gasteiger charge is 2.76. The van der Waals surface area contributed by atoms with Gasteiger partial charge >= 0.3 is 11.9 Å². The third-order valence-electron chi connectivity index (χ3n) is 13.9. The Kier molecular flexibility index (Phi) is 17.1. The second-order valence-corrected chi connectivity index (χ2v) is 20.3. The molecule has 0 spiro atoms. The number of phenolic OH excluding ortho intramolecular Hbond substituents is 1. The fourth-order valence-electron chi connectivity index (χ4n) is 10.6. The highest BCUT2D eigenvalue weighted by atomic mass is 16.8. The number of rotatable bonds is 23. The number of carbonyl (C=O) groups excluding carboxylic acids is 4. The SMILES string of the molecule is CCCCCC1(CCCCC)O[C@@H]2[C@H]3ON(Cc4cccc(C=CCc5ccccc5O)c4)[C@H]4C(=O)OC(CC34C(=O)N(C)[C@H](Cc3ccccc3)C(=O)N[C@H](CO)CCC(=O)OC(C)(C)C)[C@@H]2O1. The second kappa shape index (κ2) is 22.7. The van der Waals surface area contributed by atoms with Gasteiger partial charge in [0.05, 0.1) is 19.2 Å². The zero-order chi connectivity index (χ0) is 49.3. The zero-order valence-corrected chi connectivity index (χ0v) is 41.3. The minimum atomic E-state index is -1.56. The number of nitrogens with one attached hydrogen (secondary N) is 1. The van der Waals surface area contributed by atoms with Crippen molar-refractivity contribution in [1.82, 2.24) is 15.3 Å². The number of hydrogen-bond donors (Lipinski definition) is 3. The van der Waals surface area contributed by atoms with Crippen LogP contribution in [0.1, 0.15) is 128 Å². The summed E-state index contributed by atoms with van der Waals surface area (Å²) in [6.45, 7) is 9.30. The van der Waals surface area contributed by atoms with Crippen molar-refractivity contribution in [3.8, 4) is 5.75 Å². The van der Waals surface area contributed by atoms with Crippen LogP contribution < -0.4 is 5.32 Å². The summed E-state index contributed by atoms with van der Waals surface area (Å²) in [7, 11) is 1.58. The standard InChI is InChI=1S/C55H73N3O11/c1-7-9-16-30-54(31-17-10-8-2)67-46-44-34-55(52(64)57(6)42(33-38-20-12-11-13-21-38)50(62)56-41(36-59)28-29-45(61)66-53(3,4)5)48(51(63)65-44)58(69-49(55)47(46)68-54)35-39-24-18-22-37(32-39)23-19-26-40-25-14-15-27-43(40)60/h11-15,18-25,27,32,41-42,44,46-49,59-60H,7-10,16-17,26,28-31,33-36H2,1-6H3,(H,56,62)/t41-,42+,44?,46-,47-,48-,49+,55?/m0/s1. The summed E-state index contributed by atoms with van der Waals surface area (Å²) in [5, 5.41) is 25.2. The number of ether oxygens (including phenoxy) is 4. The van der Waals surface area contributed by atoms with Crippen LogP contribution in [0.25, 0.3) is 6.08 Å². The van der Waals surface area contributed by atoms with E-state index in [4.69, 9.17) is 23.8 Å².